The van der Waals surface area contributed by atoms with Gasteiger partial charge in [0.1, 0.15) is 5.82 Å². The van der Waals surface area contributed by atoms with E-state index in [1.807, 2.05) is 55.5 Å². The minimum Gasteiger partial charge on any atom is -0.383 e. The summed E-state index contributed by atoms with van der Waals surface area (Å²) in [5.74, 6) is 7.12. The van der Waals surface area contributed by atoms with Crippen LogP contribution >= 0.6 is 11.3 Å². The van der Waals surface area contributed by atoms with E-state index in [2.05, 4.69) is 38.2 Å². The van der Waals surface area contributed by atoms with Crippen molar-refractivity contribution in [2.24, 2.45) is 0 Å². The van der Waals surface area contributed by atoms with Gasteiger partial charge in [0.15, 0.2) is 0 Å². The lowest BCUT2D eigenvalue weighted by Crippen LogP contribution is -2.19. The first-order chi connectivity index (χ1) is 16.6. The van der Waals surface area contributed by atoms with Crippen LogP contribution in [0, 0.1) is 18.8 Å². The molecule has 2 aromatic carbocycles. The van der Waals surface area contributed by atoms with Crippen LogP contribution in [-0.2, 0) is 0 Å². The molecule has 5 rings (SSSR count). The maximum atomic E-state index is 12.4. The van der Waals surface area contributed by atoms with E-state index in [1.54, 1.807) is 17.5 Å². The van der Waals surface area contributed by atoms with Crippen molar-refractivity contribution in [3.63, 3.8) is 0 Å². The first-order valence-corrected chi connectivity index (χ1v) is 12.1. The molecular weight excluding hydrogens is 442 g/mol. The Morgan fingerprint density at radius 1 is 1.18 bits per heavy atom. The molecule has 1 aliphatic heterocycles. The van der Waals surface area contributed by atoms with Gasteiger partial charge in [0, 0.05) is 28.5 Å². The lowest BCUT2D eigenvalue weighted by atomic mass is 10.0. The molecule has 5 N–H and O–H groups in total. The fourth-order valence-electron chi connectivity index (χ4n) is 4.09. The number of amides is 2. The fourth-order valence-corrected chi connectivity index (χ4v) is 5.14. The molecule has 0 bridgehead atoms. The standard InChI is InChI=1S/C27H25N5OS/c1-17-4-2-5-22(14-17)32-27(33)31-21-11-7-18(8-12-21)23-16-34-25-19(15-30-26(28)24(23)25)9-10-20-6-3-13-29-20/h2,4-5,7-8,11-12,14-16,20,29H,3,6,13H2,1H3,(H2,28,30)(H2,31,32,33). The Balaban J connectivity index is 1.35. The number of nitrogens with zero attached hydrogens (tertiary/aromatic N) is 1. The Labute approximate surface area is 202 Å². The van der Waals surface area contributed by atoms with Crippen molar-refractivity contribution in [3.05, 3.63) is 71.2 Å². The smallest absolute Gasteiger partial charge is 0.323 e. The Morgan fingerprint density at radius 3 is 2.76 bits per heavy atom. The molecule has 4 aromatic rings. The molecule has 1 saturated heterocycles. The second kappa shape index (κ2) is 9.56. The van der Waals surface area contributed by atoms with Gasteiger partial charge in [0.05, 0.1) is 16.3 Å². The van der Waals surface area contributed by atoms with E-state index < -0.39 is 0 Å². The van der Waals surface area contributed by atoms with Gasteiger partial charge in [-0.05, 0) is 67.1 Å². The molecule has 2 aromatic heterocycles. The average molecular weight is 468 g/mol. The second-order valence-corrected chi connectivity index (χ2v) is 9.23. The van der Waals surface area contributed by atoms with Crippen LogP contribution in [0.5, 0.6) is 0 Å². The lowest BCUT2D eigenvalue weighted by molar-refractivity contribution is 0.262. The number of pyridine rings is 1. The highest BCUT2D eigenvalue weighted by Crippen LogP contribution is 2.38. The first-order valence-electron chi connectivity index (χ1n) is 11.2. The number of benzene rings is 2. The normalized spacial score (nSPS) is 15.0. The number of aromatic nitrogens is 1. The predicted octanol–water partition coefficient (Wildman–Crippen LogP) is 5.60. The van der Waals surface area contributed by atoms with Crippen molar-refractivity contribution >= 4 is 44.6 Å². The molecule has 1 fully saturated rings. The van der Waals surface area contributed by atoms with Crippen LogP contribution in [-0.4, -0.2) is 23.6 Å². The molecule has 7 heteroatoms. The van der Waals surface area contributed by atoms with Gasteiger partial charge >= 0.3 is 6.03 Å². The number of hydrogen-bond acceptors (Lipinski definition) is 5. The van der Waals surface area contributed by atoms with Gasteiger partial charge in [-0.1, -0.05) is 36.1 Å². The molecule has 34 heavy (non-hydrogen) atoms. The summed E-state index contributed by atoms with van der Waals surface area (Å²) in [4.78, 5) is 16.8. The van der Waals surface area contributed by atoms with Gasteiger partial charge in [0.25, 0.3) is 0 Å². The number of nitrogens with one attached hydrogen (secondary N) is 3. The molecule has 0 radical (unpaired) electrons. The summed E-state index contributed by atoms with van der Waals surface area (Å²) < 4.78 is 1.05. The topological polar surface area (TPSA) is 92.1 Å². The molecule has 1 aliphatic rings. The maximum Gasteiger partial charge on any atom is 0.323 e. The van der Waals surface area contributed by atoms with E-state index >= 15 is 0 Å². The summed E-state index contributed by atoms with van der Waals surface area (Å²) in [6.45, 7) is 3.01. The highest BCUT2D eigenvalue weighted by Gasteiger charge is 2.15. The number of rotatable bonds is 3. The molecule has 0 aliphatic carbocycles. The molecule has 6 nitrogen and oxygen atoms in total. The number of carbonyl (C=O) groups is 1. The van der Waals surface area contributed by atoms with Gasteiger partial charge < -0.3 is 21.7 Å². The summed E-state index contributed by atoms with van der Waals surface area (Å²) in [5, 5.41) is 12.1. The molecule has 0 spiro atoms. The number of aryl methyl sites for hydroxylation is 1. The van der Waals surface area contributed by atoms with Crippen LogP contribution in [0.25, 0.3) is 21.2 Å². The number of hydrogen-bond donors (Lipinski definition) is 4. The van der Waals surface area contributed by atoms with E-state index in [0.29, 0.717) is 11.5 Å². The van der Waals surface area contributed by atoms with Crippen LogP contribution in [0.1, 0.15) is 24.0 Å². The quantitative estimate of drug-likeness (QED) is 0.295. The number of urea groups is 1. The van der Waals surface area contributed by atoms with Crippen LogP contribution in [0.2, 0.25) is 0 Å². The van der Waals surface area contributed by atoms with Crippen molar-refractivity contribution in [1.82, 2.24) is 10.3 Å². The summed E-state index contributed by atoms with van der Waals surface area (Å²) in [7, 11) is 0. The van der Waals surface area contributed by atoms with Crippen molar-refractivity contribution in [2.45, 2.75) is 25.8 Å². The number of carbonyl (C=O) groups excluding carboxylic acids is 1. The van der Waals surface area contributed by atoms with Gasteiger partial charge in [0.2, 0.25) is 0 Å². The first kappa shape index (κ1) is 22.0. The molecular formula is C27H25N5OS. The summed E-state index contributed by atoms with van der Waals surface area (Å²) in [5.41, 5.74) is 11.7. The van der Waals surface area contributed by atoms with Gasteiger partial charge in [-0.15, -0.1) is 11.3 Å². The summed E-state index contributed by atoms with van der Waals surface area (Å²) >= 11 is 1.63. The van der Waals surface area contributed by atoms with Crippen molar-refractivity contribution in [1.29, 1.82) is 0 Å². The van der Waals surface area contributed by atoms with Crippen LogP contribution in [0.15, 0.2) is 60.1 Å². The van der Waals surface area contributed by atoms with Crippen LogP contribution in [0.3, 0.4) is 0 Å². The zero-order chi connectivity index (χ0) is 23.5. The van der Waals surface area contributed by atoms with Crippen LogP contribution < -0.4 is 21.7 Å². The minimum absolute atomic E-state index is 0.246. The maximum absolute atomic E-state index is 12.4. The molecule has 3 heterocycles. The number of nitrogens with two attached hydrogens (primary N) is 1. The van der Waals surface area contributed by atoms with E-state index in [1.165, 1.54) is 0 Å². The minimum atomic E-state index is -0.284. The molecule has 170 valence electrons. The van der Waals surface area contributed by atoms with E-state index in [-0.39, 0.29) is 12.1 Å². The number of thiophene rings is 1. The largest absolute Gasteiger partial charge is 0.383 e. The molecule has 2 amide bonds. The summed E-state index contributed by atoms with van der Waals surface area (Å²) in [6.07, 6.45) is 4.01. The molecule has 0 saturated carbocycles. The number of anilines is 3. The second-order valence-electron chi connectivity index (χ2n) is 8.35. The van der Waals surface area contributed by atoms with E-state index in [0.717, 1.165) is 57.4 Å². The summed E-state index contributed by atoms with van der Waals surface area (Å²) in [6, 6.07) is 15.4. The zero-order valence-electron chi connectivity index (χ0n) is 18.8. The third-order valence-corrected chi connectivity index (χ3v) is 6.81. The Bertz CT molecular complexity index is 1410. The highest BCUT2D eigenvalue weighted by atomic mass is 32.1. The van der Waals surface area contributed by atoms with Crippen molar-refractivity contribution < 1.29 is 4.79 Å². The monoisotopic (exact) mass is 467 g/mol. The van der Waals surface area contributed by atoms with Gasteiger partial charge in [-0.3, -0.25) is 0 Å². The Hall–Kier alpha value is -3.86. The SMILES string of the molecule is Cc1cccc(NC(=O)Nc2ccc(-c3csc4c(C#CC5CCCN5)cnc(N)c34)cc2)c1. The van der Waals surface area contributed by atoms with Crippen molar-refractivity contribution in [3.8, 4) is 23.0 Å². The molecule has 1 atom stereocenters. The predicted molar refractivity (Wildman–Crippen MR) is 141 cm³/mol. The average Bonchev–Trinajstić information content (AvgIpc) is 3.50. The van der Waals surface area contributed by atoms with Crippen LogP contribution in [0.4, 0.5) is 22.0 Å². The van der Waals surface area contributed by atoms with E-state index in [9.17, 15) is 4.79 Å². The number of fused-ring (bicyclic) bond motifs is 1. The highest BCUT2D eigenvalue weighted by molar-refractivity contribution is 7.18. The van der Waals surface area contributed by atoms with E-state index in [4.69, 9.17) is 5.73 Å². The fraction of sp³-hybridized carbons (Fsp3) is 0.185. The van der Waals surface area contributed by atoms with Crippen molar-refractivity contribution in [2.75, 3.05) is 22.9 Å². The number of nitrogen functional groups attached to an aromatic ring is 1. The molecule has 1 unspecified atom stereocenters. The Kier molecular flexibility index (Phi) is 6.17. The third kappa shape index (κ3) is 4.74. The van der Waals surface area contributed by atoms with Gasteiger partial charge in [-0.2, -0.15) is 0 Å². The third-order valence-electron chi connectivity index (χ3n) is 5.80. The lowest BCUT2D eigenvalue weighted by Gasteiger charge is -2.09. The zero-order valence-corrected chi connectivity index (χ0v) is 19.6. The van der Waals surface area contributed by atoms with Gasteiger partial charge in [-0.25, -0.2) is 9.78 Å². The Morgan fingerprint density at radius 2 is 2.00 bits per heavy atom.